The van der Waals surface area contributed by atoms with Crippen LogP contribution in [0.2, 0.25) is 0 Å². The molecule has 2 rings (SSSR count). The topological polar surface area (TPSA) is 51.2 Å². The van der Waals surface area contributed by atoms with Gasteiger partial charge in [-0.05, 0) is 25.6 Å². The Labute approximate surface area is 88.3 Å². The zero-order chi connectivity index (χ0) is 10.7. The van der Waals surface area contributed by atoms with Crippen molar-refractivity contribution >= 4 is 0 Å². The molecule has 0 atom stereocenters. The van der Waals surface area contributed by atoms with Crippen LogP contribution < -0.4 is 5.32 Å². The van der Waals surface area contributed by atoms with Gasteiger partial charge < -0.3 is 14.2 Å². The zero-order valence-corrected chi connectivity index (χ0v) is 8.91. The normalized spacial score (nSPS) is 10.8. The summed E-state index contributed by atoms with van der Waals surface area (Å²) in [4.78, 5) is 4.15. The fraction of sp³-hybridized carbons (Fsp3) is 0.364. The monoisotopic (exact) mass is 206 g/mol. The van der Waals surface area contributed by atoms with E-state index in [0.717, 1.165) is 18.1 Å². The van der Waals surface area contributed by atoms with Crippen molar-refractivity contribution in [2.45, 2.75) is 20.4 Å². The number of furan rings is 1. The smallest absolute Gasteiger partial charge is 0.209 e. The number of nitrogens with one attached hydrogen (secondary N) is 1. The van der Waals surface area contributed by atoms with Crippen LogP contribution in [-0.2, 0) is 6.54 Å². The summed E-state index contributed by atoms with van der Waals surface area (Å²) in [5, 5.41) is 3.15. The second-order valence-corrected chi connectivity index (χ2v) is 3.31. The van der Waals surface area contributed by atoms with Gasteiger partial charge in [0.2, 0.25) is 5.89 Å². The van der Waals surface area contributed by atoms with Crippen molar-refractivity contribution in [2.75, 3.05) is 6.54 Å². The molecule has 0 bridgehead atoms. The molecule has 0 saturated heterocycles. The lowest BCUT2D eigenvalue weighted by atomic mass is 10.4. The average Bonchev–Trinajstić information content (AvgIpc) is 2.83. The van der Waals surface area contributed by atoms with E-state index < -0.39 is 0 Å². The first-order chi connectivity index (χ1) is 7.29. The molecule has 0 aliphatic rings. The van der Waals surface area contributed by atoms with E-state index in [0.29, 0.717) is 18.2 Å². The highest BCUT2D eigenvalue weighted by Crippen LogP contribution is 2.22. The highest BCUT2D eigenvalue weighted by Gasteiger charge is 2.08. The van der Waals surface area contributed by atoms with Gasteiger partial charge in [-0.2, -0.15) is 0 Å². The Morgan fingerprint density at radius 3 is 2.80 bits per heavy atom. The summed E-state index contributed by atoms with van der Waals surface area (Å²) in [5.41, 5.74) is 0. The Hall–Kier alpha value is -1.55. The highest BCUT2D eigenvalue weighted by molar-refractivity contribution is 5.48. The first-order valence-corrected chi connectivity index (χ1v) is 5.02. The van der Waals surface area contributed by atoms with E-state index >= 15 is 0 Å². The minimum Gasteiger partial charge on any atom is -0.458 e. The predicted octanol–water partition coefficient (Wildman–Crippen LogP) is 2.35. The summed E-state index contributed by atoms with van der Waals surface area (Å²) < 4.78 is 11.0. The van der Waals surface area contributed by atoms with Crippen molar-refractivity contribution in [3.8, 4) is 11.5 Å². The molecule has 15 heavy (non-hydrogen) atoms. The Morgan fingerprint density at radius 2 is 2.13 bits per heavy atom. The van der Waals surface area contributed by atoms with Gasteiger partial charge in [-0.15, -0.1) is 0 Å². The highest BCUT2D eigenvalue weighted by atomic mass is 16.4. The standard InChI is InChI=1S/C11H14N2O2/c1-3-12-7-11-13-6-10(15-11)9-5-4-8(2)14-9/h4-6,12H,3,7H2,1-2H3. The molecule has 0 saturated carbocycles. The summed E-state index contributed by atoms with van der Waals surface area (Å²) in [5.74, 6) is 2.95. The van der Waals surface area contributed by atoms with Crippen LogP contribution in [0.5, 0.6) is 0 Å². The van der Waals surface area contributed by atoms with E-state index in [9.17, 15) is 0 Å². The van der Waals surface area contributed by atoms with Gasteiger partial charge in [-0.25, -0.2) is 4.98 Å². The number of hydrogen-bond acceptors (Lipinski definition) is 4. The van der Waals surface area contributed by atoms with E-state index in [1.165, 1.54) is 0 Å². The van der Waals surface area contributed by atoms with Gasteiger partial charge in [0, 0.05) is 0 Å². The van der Waals surface area contributed by atoms with E-state index in [1.54, 1.807) is 6.20 Å². The summed E-state index contributed by atoms with van der Waals surface area (Å²) in [6.07, 6.45) is 1.69. The Kier molecular flexibility index (Phi) is 2.87. The van der Waals surface area contributed by atoms with Crippen LogP contribution in [0.3, 0.4) is 0 Å². The molecule has 2 aromatic heterocycles. The fourth-order valence-corrected chi connectivity index (χ4v) is 1.30. The number of hydrogen-bond donors (Lipinski definition) is 1. The van der Waals surface area contributed by atoms with Crippen LogP contribution in [0.4, 0.5) is 0 Å². The molecule has 2 aromatic rings. The van der Waals surface area contributed by atoms with Crippen LogP contribution in [0.1, 0.15) is 18.6 Å². The SMILES string of the molecule is CCNCc1ncc(-c2ccc(C)o2)o1. The second-order valence-electron chi connectivity index (χ2n) is 3.31. The molecule has 0 radical (unpaired) electrons. The van der Waals surface area contributed by atoms with Gasteiger partial charge in [-0.1, -0.05) is 6.92 Å². The van der Waals surface area contributed by atoms with Crippen LogP contribution in [-0.4, -0.2) is 11.5 Å². The van der Waals surface area contributed by atoms with Gasteiger partial charge in [-0.3, -0.25) is 0 Å². The third kappa shape index (κ3) is 2.27. The van der Waals surface area contributed by atoms with Crippen molar-refractivity contribution < 1.29 is 8.83 Å². The van der Waals surface area contributed by atoms with Gasteiger partial charge in [0.25, 0.3) is 0 Å². The molecule has 0 unspecified atom stereocenters. The van der Waals surface area contributed by atoms with Gasteiger partial charge in [0.05, 0.1) is 12.7 Å². The first-order valence-electron chi connectivity index (χ1n) is 5.02. The Bertz CT molecular complexity index is 431. The summed E-state index contributed by atoms with van der Waals surface area (Å²) in [7, 11) is 0. The maximum absolute atomic E-state index is 5.52. The van der Waals surface area contributed by atoms with E-state index in [2.05, 4.69) is 10.3 Å². The summed E-state index contributed by atoms with van der Waals surface area (Å²) in [6.45, 7) is 5.49. The van der Waals surface area contributed by atoms with E-state index in [1.807, 2.05) is 26.0 Å². The maximum atomic E-state index is 5.52. The molecule has 0 amide bonds. The number of nitrogens with zero attached hydrogens (tertiary/aromatic N) is 1. The van der Waals surface area contributed by atoms with E-state index in [-0.39, 0.29) is 0 Å². The second kappa shape index (κ2) is 4.31. The van der Waals surface area contributed by atoms with Crippen molar-refractivity contribution in [3.63, 3.8) is 0 Å². The van der Waals surface area contributed by atoms with Crippen LogP contribution in [0.15, 0.2) is 27.2 Å². The molecule has 0 aromatic carbocycles. The largest absolute Gasteiger partial charge is 0.458 e. The molecule has 4 heteroatoms. The number of aromatic nitrogens is 1. The quantitative estimate of drug-likeness (QED) is 0.834. The van der Waals surface area contributed by atoms with Crippen molar-refractivity contribution in [2.24, 2.45) is 0 Å². The van der Waals surface area contributed by atoms with Gasteiger partial charge >= 0.3 is 0 Å². The van der Waals surface area contributed by atoms with Crippen molar-refractivity contribution in [1.82, 2.24) is 10.3 Å². The predicted molar refractivity (Wildman–Crippen MR) is 56.3 cm³/mol. The lowest BCUT2D eigenvalue weighted by molar-refractivity contribution is 0.460. The molecule has 0 spiro atoms. The van der Waals surface area contributed by atoms with Crippen molar-refractivity contribution in [3.05, 3.63) is 30.0 Å². The van der Waals surface area contributed by atoms with Gasteiger partial charge in [0.15, 0.2) is 11.5 Å². The summed E-state index contributed by atoms with van der Waals surface area (Å²) in [6, 6.07) is 3.79. The fourth-order valence-electron chi connectivity index (χ4n) is 1.30. The minimum atomic E-state index is 0.649. The zero-order valence-electron chi connectivity index (χ0n) is 8.91. The third-order valence-corrected chi connectivity index (χ3v) is 2.06. The average molecular weight is 206 g/mol. The minimum absolute atomic E-state index is 0.649. The molecule has 0 fully saturated rings. The molecular weight excluding hydrogens is 192 g/mol. The molecule has 1 N–H and O–H groups in total. The number of oxazole rings is 1. The lowest BCUT2D eigenvalue weighted by Crippen LogP contribution is -2.11. The van der Waals surface area contributed by atoms with Crippen LogP contribution in [0.25, 0.3) is 11.5 Å². The first kappa shape index (κ1) is 9.98. The molecular formula is C11H14N2O2. The number of aryl methyl sites for hydroxylation is 1. The maximum Gasteiger partial charge on any atom is 0.209 e. The lowest BCUT2D eigenvalue weighted by Gasteiger charge is -1.94. The third-order valence-electron chi connectivity index (χ3n) is 2.06. The van der Waals surface area contributed by atoms with Crippen LogP contribution >= 0.6 is 0 Å². The molecule has 0 aliphatic carbocycles. The van der Waals surface area contributed by atoms with Gasteiger partial charge in [0.1, 0.15) is 5.76 Å². The van der Waals surface area contributed by atoms with Crippen LogP contribution in [0, 0.1) is 6.92 Å². The molecule has 4 nitrogen and oxygen atoms in total. The van der Waals surface area contributed by atoms with E-state index in [4.69, 9.17) is 8.83 Å². The molecule has 2 heterocycles. The van der Waals surface area contributed by atoms with Crippen molar-refractivity contribution in [1.29, 1.82) is 0 Å². The Balaban J connectivity index is 2.13. The number of rotatable bonds is 4. The molecule has 0 aliphatic heterocycles. The summed E-state index contributed by atoms with van der Waals surface area (Å²) >= 11 is 0. The molecule has 80 valence electrons. The Morgan fingerprint density at radius 1 is 1.27 bits per heavy atom.